The van der Waals surface area contributed by atoms with Crippen LogP contribution in [0.1, 0.15) is 48.0 Å². The fourth-order valence-electron chi connectivity index (χ4n) is 5.66. The summed E-state index contributed by atoms with van der Waals surface area (Å²) in [5.41, 5.74) is 2.37. The van der Waals surface area contributed by atoms with Crippen LogP contribution in [-0.4, -0.2) is 75.3 Å². The normalized spacial score (nSPS) is 18.1. The van der Waals surface area contributed by atoms with E-state index >= 15 is 0 Å². The molecule has 0 atom stereocenters. The number of fused-ring (bicyclic) bond motifs is 1. The zero-order valence-corrected chi connectivity index (χ0v) is 23.0. The molecule has 40 heavy (non-hydrogen) atoms. The van der Waals surface area contributed by atoms with Crippen LogP contribution < -0.4 is 25.0 Å². The number of anilines is 1. The van der Waals surface area contributed by atoms with Crippen LogP contribution in [0.4, 0.5) is 10.5 Å². The van der Waals surface area contributed by atoms with Crippen molar-refractivity contribution in [1.29, 1.82) is 0 Å². The molecule has 3 amide bonds. The Bertz CT molecular complexity index is 1210. The molecule has 0 aliphatic carbocycles. The summed E-state index contributed by atoms with van der Waals surface area (Å²) in [4.78, 5) is 41.8. The molecule has 10 nitrogen and oxygen atoms in total. The molecule has 0 aromatic heterocycles. The van der Waals surface area contributed by atoms with Gasteiger partial charge in [-0.05, 0) is 63.4 Å². The zero-order valence-electron chi connectivity index (χ0n) is 23.0. The van der Waals surface area contributed by atoms with E-state index < -0.39 is 0 Å². The summed E-state index contributed by atoms with van der Waals surface area (Å²) in [7, 11) is 1.54. The van der Waals surface area contributed by atoms with Gasteiger partial charge in [0, 0.05) is 43.2 Å². The predicted molar refractivity (Wildman–Crippen MR) is 150 cm³/mol. The van der Waals surface area contributed by atoms with E-state index in [1.165, 1.54) is 7.11 Å². The van der Waals surface area contributed by atoms with Gasteiger partial charge in [-0.3, -0.25) is 14.5 Å². The molecule has 10 heteroatoms. The minimum absolute atomic E-state index is 0.0277. The molecule has 0 unspecified atom stereocenters. The van der Waals surface area contributed by atoms with Crippen LogP contribution in [0.15, 0.2) is 42.5 Å². The number of nitrogens with one attached hydrogen (secondary N) is 2. The van der Waals surface area contributed by atoms with Gasteiger partial charge in [-0.25, -0.2) is 4.79 Å². The second kappa shape index (κ2) is 13.0. The highest BCUT2D eigenvalue weighted by Crippen LogP contribution is 2.33. The largest absolute Gasteiger partial charge is 0.496 e. The van der Waals surface area contributed by atoms with Gasteiger partial charge in [0.2, 0.25) is 5.91 Å². The Balaban J connectivity index is 1.11. The van der Waals surface area contributed by atoms with Crippen molar-refractivity contribution in [3.05, 3.63) is 53.6 Å². The molecule has 2 aromatic rings. The number of amides is 3. The van der Waals surface area contributed by atoms with Gasteiger partial charge in [0.1, 0.15) is 18.1 Å². The SMILES string of the molecule is COc1cc(OCCCNC(=O)C2CCNCC2)ccc1C(=O)N1CCC(N2C(=O)OCc3ccccc32)CC1. The summed E-state index contributed by atoms with van der Waals surface area (Å²) in [5, 5.41) is 6.27. The fourth-order valence-corrected chi connectivity index (χ4v) is 5.66. The number of hydrogen-bond acceptors (Lipinski definition) is 7. The molecule has 0 radical (unpaired) electrons. The number of hydrogen-bond donors (Lipinski definition) is 2. The number of piperidine rings is 2. The zero-order chi connectivity index (χ0) is 27.9. The quantitative estimate of drug-likeness (QED) is 0.461. The molecule has 2 fully saturated rings. The molecule has 0 bridgehead atoms. The fraction of sp³-hybridized carbons (Fsp3) is 0.500. The number of carbonyl (C=O) groups is 3. The smallest absolute Gasteiger partial charge is 0.414 e. The Hall–Kier alpha value is -3.79. The number of rotatable bonds is 9. The maximum absolute atomic E-state index is 13.4. The van der Waals surface area contributed by atoms with Gasteiger partial charge < -0.3 is 29.7 Å². The molecular weight excluding hydrogens is 512 g/mol. The van der Waals surface area contributed by atoms with E-state index in [0.717, 1.165) is 37.2 Å². The highest BCUT2D eigenvalue weighted by molar-refractivity contribution is 5.97. The van der Waals surface area contributed by atoms with Crippen molar-refractivity contribution >= 4 is 23.6 Å². The van der Waals surface area contributed by atoms with Crippen LogP contribution >= 0.6 is 0 Å². The number of ether oxygens (including phenoxy) is 3. The van der Waals surface area contributed by atoms with Gasteiger partial charge in [-0.15, -0.1) is 0 Å². The summed E-state index contributed by atoms with van der Waals surface area (Å²) >= 11 is 0. The van der Waals surface area contributed by atoms with Gasteiger partial charge in [0.05, 0.1) is 25.0 Å². The molecule has 0 saturated carbocycles. The number of benzene rings is 2. The first-order chi connectivity index (χ1) is 19.5. The standard InChI is InChI=1S/C30H38N4O6/c1-38-27-19-24(39-18-4-13-32-28(35)21-9-14-31-15-10-21)7-8-25(27)29(36)33-16-11-23(12-17-33)34-26-6-3-2-5-22(26)20-40-30(34)37/h2-3,5-8,19,21,23,31H,4,9-18,20H2,1H3,(H,32,35). The van der Waals surface area contributed by atoms with E-state index in [9.17, 15) is 14.4 Å². The Morgan fingerprint density at radius 3 is 2.62 bits per heavy atom. The summed E-state index contributed by atoms with van der Waals surface area (Å²) in [6.45, 7) is 4.14. The van der Waals surface area contributed by atoms with Crippen LogP contribution in [0, 0.1) is 5.92 Å². The lowest BCUT2D eigenvalue weighted by Gasteiger charge is -2.40. The lowest BCUT2D eigenvalue weighted by atomic mass is 9.97. The van der Waals surface area contributed by atoms with Gasteiger partial charge >= 0.3 is 6.09 Å². The van der Waals surface area contributed by atoms with Crippen LogP contribution in [0.25, 0.3) is 0 Å². The second-order valence-corrected chi connectivity index (χ2v) is 10.5. The number of para-hydroxylation sites is 1. The third kappa shape index (κ3) is 6.33. The van der Waals surface area contributed by atoms with Gasteiger partial charge in [-0.2, -0.15) is 0 Å². The first kappa shape index (κ1) is 27.8. The maximum atomic E-state index is 13.4. The van der Waals surface area contributed by atoms with Gasteiger partial charge in [0.15, 0.2) is 0 Å². The highest BCUT2D eigenvalue weighted by Gasteiger charge is 2.35. The number of methoxy groups -OCH3 is 1. The average Bonchev–Trinajstić information content (AvgIpc) is 3.01. The molecular formula is C30H38N4O6. The van der Waals surface area contributed by atoms with Crippen molar-refractivity contribution in [2.24, 2.45) is 5.92 Å². The topological polar surface area (TPSA) is 109 Å². The maximum Gasteiger partial charge on any atom is 0.414 e. The highest BCUT2D eigenvalue weighted by atomic mass is 16.6. The van der Waals surface area contributed by atoms with E-state index in [2.05, 4.69) is 10.6 Å². The summed E-state index contributed by atoms with van der Waals surface area (Å²) in [6.07, 6.45) is 3.44. The van der Waals surface area contributed by atoms with E-state index in [-0.39, 0.29) is 36.5 Å². The van der Waals surface area contributed by atoms with Crippen LogP contribution in [0.5, 0.6) is 11.5 Å². The molecule has 214 valence electrons. The van der Waals surface area contributed by atoms with Crippen molar-refractivity contribution in [1.82, 2.24) is 15.5 Å². The molecule has 0 spiro atoms. The Labute approximate surface area is 234 Å². The number of likely N-dealkylation sites (tertiary alicyclic amines) is 1. The number of carbonyl (C=O) groups excluding carboxylic acids is 3. The molecule has 5 rings (SSSR count). The third-order valence-electron chi connectivity index (χ3n) is 7.92. The van der Waals surface area contributed by atoms with E-state index in [0.29, 0.717) is 62.6 Å². The van der Waals surface area contributed by atoms with Crippen molar-refractivity contribution < 1.29 is 28.6 Å². The Morgan fingerprint density at radius 2 is 1.85 bits per heavy atom. The molecule has 3 aliphatic heterocycles. The molecule has 2 saturated heterocycles. The average molecular weight is 551 g/mol. The predicted octanol–water partition coefficient (Wildman–Crippen LogP) is 3.34. The number of nitrogens with zero attached hydrogens (tertiary/aromatic N) is 2. The Kier molecular flexibility index (Phi) is 9.05. The van der Waals surface area contributed by atoms with Crippen molar-refractivity contribution in [2.45, 2.75) is 44.8 Å². The van der Waals surface area contributed by atoms with Crippen molar-refractivity contribution in [3.8, 4) is 11.5 Å². The third-order valence-corrected chi connectivity index (χ3v) is 7.92. The molecule has 3 heterocycles. The Morgan fingerprint density at radius 1 is 1.07 bits per heavy atom. The van der Waals surface area contributed by atoms with E-state index in [1.807, 2.05) is 24.3 Å². The van der Waals surface area contributed by atoms with Crippen LogP contribution in [0.2, 0.25) is 0 Å². The monoisotopic (exact) mass is 550 g/mol. The van der Waals surface area contributed by atoms with Crippen molar-refractivity contribution in [3.63, 3.8) is 0 Å². The first-order valence-electron chi connectivity index (χ1n) is 14.2. The lowest BCUT2D eigenvalue weighted by molar-refractivity contribution is -0.125. The molecule has 3 aliphatic rings. The first-order valence-corrected chi connectivity index (χ1v) is 14.2. The van der Waals surface area contributed by atoms with Gasteiger partial charge in [-0.1, -0.05) is 18.2 Å². The van der Waals surface area contributed by atoms with Crippen LogP contribution in [-0.2, 0) is 16.1 Å². The second-order valence-electron chi connectivity index (χ2n) is 10.5. The lowest BCUT2D eigenvalue weighted by Crippen LogP contribution is -2.50. The van der Waals surface area contributed by atoms with Crippen LogP contribution in [0.3, 0.4) is 0 Å². The summed E-state index contributed by atoms with van der Waals surface area (Å²) < 4.78 is 16.8. The van der Waals surface area contributed by atoms with E-state index in [4.69, 9.17) is 14.2 Å². The summed E-state index contributed by atoms with van der Waals surface area (Å²) in [6, 6.07) is 13.0. The summed E-state index contributed by atoms with van der Waals surface area (Å²) in [5.74, 6) is 1.18. The van der Waals surface area contributed by atoms with E-state index in [1.54, 1.807) is 28.0 Å². The van der Waals surface area contributed by atoms with Gasteiger partial charge in [0.25, 0.3) is 5.91 Å². The molecule has 2 aromatic carbocycles. The number of cyclic esters (lactones) is 1. The minimum Gasteiger partial charge on any atom is -0.496 e. The minimum atomic E-state index is -0.329. The van der Waals surface area contributed by atoms with Crippen molar-refractivity contribution in [2.75, 3.05) is 51.3 Å². The molecule has 2 N–H and O–H groups in total.